The van der Waals surface area contributed by atoms with Gasteiger partial charge in [-0.3, -0.25) is 4.79 Å². The molecule has 0 saturated carbocycles. The molecule has 0 aliphatic heterocycles. The van der Waals surface area contributed by atoms with Crippen LogP contribution in [0.15, 0.2) is 22.7 Å². The van der Waals surface area contributed by atoms with Gasteiger partial charge in [-0.15, -0.1) is 0 Å². The van der Waals surface area contributed by atoms with Gasteiger partial charge < -0.3 is 9.64 Å². The first kappa shape index (κ1) is 16.0. The highest BCUT2D eigenvalue weighted by Gasteiger charge is 2.15. The van der Waals surface area contributed by atoms with E-state index in [2.05, 4.69) is 15.9 Å². The van der Waals surface area contributed by atoms with Crippen LogP contribution in [0.2, 0.25) is 0 Å². The van der Waals surface area contributed by atoms with Gasteiger partial charge in [0.2, 0.25) is 0 Å². The van der Waals surface area contributed by atoms with Gasteiger partial charge in [-0.25, -0.2) is 8.42 Å². The number of rotatable bonds is 5. The van der Waals surface area contributed by atoms with Crippen LogP contribution in [0, 0.1) is 0 Å². The summed E-state index contributed by atoms with van der Waals surface area (Å²) in [5, 5.41) is 0. The first-order valence-electron chi connectivity index (χ1n) is 5.51. The van der Waals surface area contributed by atoms with Crippen molar-refractivity contribution in [3.05, 3.63) is 28.2 Å². The predicted molar refractivity (Wildman–Crippen MR) is 77.4 cm³/mol. The van der Waals surface area contributed by atoms with Crippen molar-refractivity contribution in [2.45, 2.75) is 0 Å². The molecule has 0 bridgehead atoms. The first-order valence-corrected chi connectivity index (χ1v) is 8.36. The molecule has 0 atom stereocenters. The van der Waals surface area contributed by atoms with Crippen molar-refractivity contribution in [2.24, 2.45) is 0 Å². The number of halogens is 1. The summed E-state index contributed by atoms with van der Waals surface area (Å²) in [7, 11) is 0.0397. The zero-order valence-corrected chi connectivity index (χ0v) is 13.4. The topological polar surface area (TPSA) is 63.7 Å². The Hall–Kier alpha value is -1.08. The maximum atomic E-state index is 12.1. The molecule has 19 heavy (non-hydrogen) atoms. The third-order valence-corrected chi connectivity index (χ3v) is 4.09. The van der Waals surface area contributed by atoms with Gasteiger partial charge in [0.1, 0.15) is 15.6 Å². The van der Waals surface area contributed by atoms with Gasteiger partial charge in [0.25, 0.3) is 5.91 Å². The Balaban J connectivity index is 2.80. The van der Waals surface area contributed by atoms with Gasteiger partial charge in [0.15, 0.2) is 0 Å². The van der Waals surface area contributed by atoms with Crippen LogP contribution in [0.5, 0.6) is 5.75 Å². The van der Waals surface area contributed by atoms with Crippen molar-refractivity contribution in [3.8, 4) is 5.75 Å². The SMILES string of the molecule is COc1ccc(C(=O)N(C)CCS(C)(=O)=O)cc1Br. The molecule has 0 aromatic heterocycles. The lowest BCUT2D eigenvalue weighted by Gasteiger charge is -2.17. The fourth-order valence-electron chi connectivity index (χ4n) is 1.42. The van der Waals surface area contributed by atoms with Crippen LogP contribution < -0.4 is 4.74 Å². The van der Waals surface area contributed by atoms with E-state index < -0.39 is 9.84 Å². The van der Waals surface area contributed by atoms with Crippen LogP contribution in [-0.4, -0.2) is 51.9 Å². The fraction of sp³-hybridized carbons (Fsp3) is 0.417. The summed E-state index contributed by atoms with van der Waals surface area (Å²) >= 11 is 3.30. The molecule has 0 aliphatic carbocycles. The minimum absolute atomic E-state index is 0.0490. The normalized spacial score (nSPS) is 11.2. The second kappa shape index (κ2) is 6.38. The second-order valence-corrected chi connectivity index (χ2v) is 7.32. The molecule has 7 heteroatoms. The zero-order chi connectivity index (χ0) is 14.6. The lowest BCUT2D eigenvalue weighted by molar-refractivity contribution is 0.0803. The van der Waals surface area contributed by atoms with Crippen molar-refractivity contribution in [3.63, 3.8) is 0 Å². The molecule has 1 amide bonds. The van der Waals surface area contributed by atoms with Crippen molar-refractivity contribution < 1.29 is 17.9 Å². The van der Waals surface area contributed by atoms with Crippen LogP contribution in [0.25, 0.3) is 0 Å². The largest absolute Gasteiger partial charge is 0.496 e. The molecule has 1 aromatic carbocycles. The zero-order valence-electron chi connectivity index (χ0n) is 11.0. The van der Waals surface area contributed by atoms with Crippen molar-refractivity contribution in [1.82, 2.24) is 4.90 Å². The summed E-state index contributed by atoms with van der Waals surface area (Å²) in [6.45, 7) is 0.168. The molecule has 0 heterocycles. The Kier molecular flexibility index (Phi) is 5.37. The van der Waals surface area contributed by atoms with Crippen molar-refractivity contribution in [2.75, 3.05) is 32.7 Å². The summed E-state index contributed by atoms with van der Waals surface area (Å²) in [4.78, 5) is 13.5. The Bertz CT molecular complexity index is 571. The van der Waals surface area contributed by atoms with Crippen LogP contribution in [0.4, 0.5) is 0 Å². The van der Waals surface area contributed by atoms with Crippen LogP contribution in [-0.2, 0) is 9.84 Å². The fourth-order valence-corrected chi connectivity index (χ4v) is 2.57. The average molecular weight is 350 g/mol. The first-order chi connectivity index (χ1) is 8.74. The van der Waals surface area contributed by atoms with Gasteiger partial charge in [-0.1, -0.05) is 0 Å². The minimum atomic E-state index is -3.08. The number of carbonyl (C=O) groups is 1. The Morgan fingerprint density at radius 3 is 2.53 bits per heavy atom. The van der Waals surface area contributed by atoms with E-state index in [9.17, 15) is 13.2 Å². The van der Waals surface area contributed by atoms with E-state index in [1.54, 1.807) is 32.4 Å². The molecule has 0 radical (unpaired) electrons. The molecule has 0 spiro atoms. The van der Waals surface area contributed by atoms with Gasteiger partial charge in [-0.05, 0) is 34.1 Å². The minimum Gasteiger partial charge on any atom is -0.496 e. The lowest BCUT2D eigenvalue weighted by Crippen LogP contribution is -2.31. The van der Waals surface area contributed by atoms with Crippen molar-refractivity contribution >= 4 is 31.7 Å². The summed E-state index contributed by atoms with van der Waals surface area (Å²) in [6, 6.07) is 4.97. The van der Waals surface area contributed by atoms with E-state index in [1.807, 2.05) is 0 Å². The van der Waals surface area contributed by atoms with Gasteiger partial charge >= 0.3 is 0 Å². The standard InChI is InChI=1S/C12H16BrNO4S/c1-14(6-7-19(3,16)17)12(15)9-4-5-11(18-2)10(13)8-9/h4-5,8H,6-7H2,1-3H3. The van der Waals surface area contributed by atoms with E-state index in [4.69, 9.17) is 4.74 Å². The number of methoxy groups -OCH3 is 1. The van der Waals surface area contributed by atoms with Gasteiger partial charge in [0, 0.05) is 25.4 Å². The summed E-state index contributed by atoms with van der Waals surface area (Å²) < 4.78 is 27.9. The quantitative estimate of drug-likeness (QED) is 0.809. The molecule has 0 unspecified atom stereocenters. The number of amides is 1. The highest BCUT2D eigenvalue weighted by Crippen LogP contribution is 2.25. The Labute approximate surface area is 121 Å². The highest BCUT2D eigenvalue weighted by molar-refractivity contribution is 9.10. The molecule has 0 aliphatic rings. The third-order valence-electron chi connectivity index (χ3n) is 2.54. The number of sulfone groups is 1. The molecule has 0 saturated heterocycles. The van der Waals surface area contributed by atoms with E-state index in [0.717, 1.165) is 6.26 Å². The maximum absolute atomic E-state index is 12.1. The number of carbonyl (C=O) groups excluding carboxylic acids is 1. The lowest BCUT2D eigenvalue weighted by atomic mass is 10.2. The van der Waals surface area contributed by atoms with E-state index in [-0.39, 0.29) is 18.2 Å². The monoisotopic (exact) mass is 349 g/mol. The van der Waals surface area contributed by atoms with E-state index in [1.165, 1.54) is 4.90 Å². The predicted octanol–water partition coefficient (Wildman–Crippen LogP) is 1.57. The van der Waals surface area contributed by atoms with E-state index in [0.29, 0.717) is 15.8 Å². The Morgan fingerprint density at radius 2 is 2.05 bits per heavy atom. The number of benzene rings is 1. The van der Waals surface area contributed by atoms with Crippen LogP contribution >= 0.6 is 15.9 Å². The number of ether oxygens (including phenoxy) is 1. The maximum Gasteiger partial charge on any atom is 0.253 e. The summed E-state index contributed by atoms with van der Waals surface area (Å²) in [5.74, 6) is 0.356. The molecule has 1 aromatic rings. The highest BCUT2D eigenvalue weighted by atomic mass is 79.9. The number of nitrogens with zero attached hydrogens (tertiary/aromatic N) is 1. The van der Waals surface area contributed by atoms with Crippen molar-refractivity contribution in [1.29, 1.82) is 0 Å². The van der Waals surface area contributed by atoms with Crippen LogP contribution in [0.3, 0.4) is 0 Å². The number of hydrogen-bond donors (Lipinski definition) is 0. The molecule has 5 nitrogen and oxygen atoms in total. The molecule has 1 rings (SSSR count). The molecule has 106 valence electrons. The number of hydrogen-bond acceptors (Lipinski definition) is 4. The van der Waals surface area contributed by atoms with E-state index >= 15 is 0 Å². The van der Waals surface area contributed by atoms with Crippen LogP contribution in [0.1, 0.15) is 10.4 Å². The average Bonchev–Trinajstić information content (AvgIpc) is 2.34. The third kappa shape index (κ3) is 4.83. The summed E-state index contributed by atoms with van der Waals surface area (Å²) in [6.07, 6.45) is 1.15. The smallest absolute Gasteiger partial charge is 0.253 e. The summed E-state index contributed by atoms with van der Waals surface area (Å²) in [5.41, 5.74) is 0.476. The molecule has 0 N–H and O–H groups in total. The molecular weight excluding hydrogens is 334 g/mol. The molecule has 0 fully saturated rings. The second-order valence-electron chi connectivity index (χ2n) is 4.21. The van der Waals surface area contributed by atoms with Gasteiger partial charge in [-0.2, -0.15) is 0 Å². The van der Waals surface area contributed by atoms with Gasteiger partial charge in [0.05, 0.1) is 17.3 Å². The molecular formula is C12H16BrNO4S. The Morgan fingerprint density at radius 1 is 1.42 bits per heavy atom.